The van der Waals surface area contributed by atoms with Gasteiger partial charge in [0.1, 0.15) is 0 Å². The average molecular weight is 273 g/mol. The van der Waals surface area contributed by atoms with Crippen LogP contribution in [0.5, 0.6) is 0 Å². The lowest BCUT2D eigenvalue weighted by Crippen LogP contribution is -2.50. The highest BCUT2D eigenvalue weighted by atomic mass is 16.1. The van der Waals surface area contributed by atoms with Crippen LogP contribution >= 0.6 is 0 Å². The van der Waals surface area contributed by atoms with Crippen LogP contribution in [0, 0.1) is 19.8 Å². The number of aryl methyl sites for hydroxylation is 2. The van der Waals surface area contributed by atoms with Crippen molar-refractivity contribution >= 4 is 5.78 Å². The number of Topliss-reactive ketones (excluding diaryl/α,β-unsaturated/α-hetero) is 1. The Kier molecular flexibility index (Phi) is 4.64. The van der Waals surface area contributed by atoms with Crippen molar-refractivity contribution in [2.45, 2.75) is 59.5 Å². The van der Waals surface area contributed by atoms with Crippen LogP contribution in [0.4, 0.5) is 0 Å². The van der Waals surface area contributed by atoms with Crippen LogP contribution in [0.1, 0.15) is 55.1 Å². The minimum absolute atomic E-state index is 0.0187. The van der Waals surface area contributed by atoms with Crippen LogP contribution in [0.2, 0.25) is 0 Å². The standard InChI is InChI=1S/C18H27NO/c1-12-8-9-17(11-14(12)3)18(20)16(5)19-10-6-7-13(2)15(19)4/h8-9,11,13,15-16H,6-7,10H2,1-5H3. The Labute approximate surface area is 123 Å². The van der Waals surface area contributed by atoms with Crippen molar-refractivity contribution in [2.24, 2.45) is 5.92 Å². The summed E-state index contributed by atoms with van der Waals surface area (Å²) >= 11 is 0. The molecule has 110 valence electrons. The fourth-order valence-electron chi connectivity index (χ4n) is 3.20. The highest BCUT2D eigenvalue weighted by Gasteiger charge is 2.31. The SMILES string of the molecule is Cc1ccc(C(=O)C(C)N2CCCC(C)C2C)cc1C. The van der Waals surface area contributed by atoms with Gasteiger partial charge in [-0.2, -0.15) is 0 Å². The Bertz CT molecular complexity index is 494. The van der Waals surface area contributed by atoms with E-state index >= 15 is 0 Å². The molecule has 0 radical (unpaired) electrons. The van der Waals surface area contributed by atoms with E-state index in [1.54, 1.807) is 0 Å². The normalized spacial score (nSPS) is 25.4. The molecule has 1 heterocycles. The van der Waals surface area contributed by atoms with Gasteiger partial charge < -0.3 is 0 Å². The number of likely N-dealkylation sites (tertiary alicyclic amines) is 1. The fourth-order valence-corrected chi connectivity index (χ4v) is 3.20. The molecule has 1 aromatic rings. The third-order valence-corrected chi connectivity index (χ3v) is 5.09. The van der Waals surface area contributed by atoms with E-state index in [2.05, 4.69) is 45.6 Å². The number of hydrogen-bond acceptors (Lipinski definition) is 2. The lowest BCUT2D eigenvalue weighted by molar-refractivity contribution is 0.0569. The Hall–Kier alpha value is -1.15. The molecule has 3 unspecified atom stereocenters. The second-order valence-corrected chi connectivity index (χ2v) is 6.44. The molecule has 0 bridgehead atoms. The molecule has 1 aliphatic heterocycles. The topological polar surface area (TPSA) is 20.3 Å². The Morgan fingerprint density at radius 2 is 1.95 bits per heavy atom. The minimum atomic E-state index is -0.0187. The molecule has 1 aromatic carbocycles. The van der Waals surface area contributed by atoms with E-state index in [0.717, 1.165) is 12.1 Å². The molecule has 0 N–H and O–H groups in total. The van der Waals surface area contributed by atoms with Gasteiger partial charge in [-0.3, -0.25) is 9.69 Å². The molecule has 20 heavy (non-hydrogen) atoms. The molecule has 2 rings (SSSR count). The highest BCUT2D eigenvalue weighted by Crippen LogP contribution is 2.26. The van der Waals surface area contributed by atoms with E-state index in [1.165, 1.54) is 24.0 Å². The van der Waals surface area contributed by atoms with Gasteiger partial charge in [0.25, 0.3) is 0 Å². The summed E-state index contributed by atoms with van der Waals surface area (Å²) in [4.78, 5) is 15.1. The first kappa shape index (κ1) is 15.2. The fraction of sp³-hybridized carbons (Fsp3) is 0.611. The first-order chi connectivity index (χ1) is 9.41. The second kappa shape index (κ2) is 6.09. The van der Waals surface area contributed by atoms with Gasteiger partial charge in [0.15, 0.2) is 5.78 Å². The van der Waals surface area contributed by atoms with Gasteiger partial charge >= 0.3 is 0 Å². The molecule has 1 fully saturated rings. The summed E-state index contributed by atoms with van der Waals surface area (Å²) in [5.74, 6) is 0.938. The maximum Gasteiger partial charge on any atom is 0.179 e. The third-order valence-electron chi connectivity index (χ3n) is 5.09. The summed E-state index contributed by atoms with van der Waals surface area (Å²) in [5.41, 5.74) is 3.29. The summed E-state index contributed by atoms with van der Waals surface area (Å²) in [6, 6.07) is 6.53. The second-order valence-electron chi connectivity index (χ2n) is 6.44. The first-order valence-electron chi connectivity index (χ1n) is 7.79. The Balaban J connectivity index is 2.17. The highest BCUT2D eigenvalue weighted by molar-refractivity contribution is 6.00. The molecule has 0 saturated carbocycles. The zero-order valence-corrected chi connectivity index (χ0v) is 13.4. The largest absolute Gasteiger partial charge is 0.292 e. The number of rotatable bonds is 3. The smallest absolute Gasteiger partial charge is 0.179 e. The van der Waals surface area contributed by atoms with E-state index in [-0.39, 0.29) is 11.8 Å². The quantitative estimate of drug-likeness (QED) is 0.776. The van der Waals surface area contributed by atoms with Gasteiger partial charge in [-0.25, -0.2) is 0 Å². The van der Waals surface area contributed by atoms with Gasteiger partial charge in [-0.05, 0) is 70.2 Å². The predicted molar refractivity (Wildman–Crippen MR) is 84.3 cm³/mol. The van der Waals surface area contributed by atoms with Crippen LogP contribution < -0.4 is 0 Å². The monoisotopic (exact) mass is 273 g/mol. The number of carbonyl (C=O) groups is 1. The molecule has 2 heteroatoms. The van der Waals surface area contributed by atoms with E-state index < -0.39 is 0 Å². The molecule has 0 aromatic heterocycles. The molecule has 1 saturated heterocycles. The molecule has 0 spiro atoms. The summed E-state index contributed by atoms with van der Waals surface area (Å²) in [6.45, 7) is 11.8. The van der Waals surface area contributed by atoms with Crippen molar-refractivity contribution in [1.29, 1.82) is 0 Å². The molecular weight excluding hydrogens is 246 g/mol. The van der Waals surface area contributed by atoms with Crippen LogP contribution in [-0.4, -0.2) is 29.3 Å². The maximum atomic E-state index is 12.7. The van der Waals surface area contributed by atoms with Gasteiger partial charge in [0.2, 0.25) is 0 Å². The number of nitrogens with zero attached hydrogens (tertiary/aromatic N) is 1. The Morgan fingerprint density at radius 1 is 1.25 bits per heavy atom. The maximum absolute atomic E-state index is 12.7. The van der Waals surface area contributed by atoms with E-state index in [0.29, 0.717) is 12.0 Å². The van der Waals surface area contributed by atoms with Crippen molar-refractivity contribution in [3.05, 3.63) is 34.9 Å². The van der Waals surface area contributed by atoms with Crippen LogP contribution in [0.15, 0.2) is 18.2 Å². The zero-order chi connectivity index (χ0) is 14.9. The molecule has 0 aliphatic carbocycles. The predicted octanol–water partition coefficient (Wildman–Crippen LogP) is 4.00. The van der Waals surface area contributed by atoms with Crippen molar-refractivity contribution in [1.82, 2.24) is 4.90 Å². The van der Waals surface area contributed by atoms with Crippen LogP contribution in [0.3, 0.4) is 0 Å². The molecular formula is C18H27NO. The van der Waals surface area contributed by atoms with Gasteiger partial charge in [0.05, 0.1) is 6.04 Å². The molecule has 0 amide bonds. The van der Waals surface area contributed by atoms with E-state index in [4.69, 9.17) is 0 Å². The van der Waals surface area contributed by atoms with Crippen LogP contribution in [-0.2, 0) is 0 Å². The number of hydrogen-bond donors (Lipinski definition) is 0. The summed E-state index contributed by atoms with van der Waals surface area (Å²) in [6.07, 6.45) is 2.48. The minimum Gasteiger partial charge on any atom is -0.292 e. The molecule has 1 aliphatic rings. The summed E-state index contributed by atoms with van der Waals surface area (Å²) in [5, 5.41) is 0. The summed E-state index contributed by atoms with van der Waals surface area (Å²) < 4.78 is 0. The molecule has 3 atom stereocenters. The van der Waals surface area contributed by atoms with Crippen LogP contribution in [0.25, 0.3) is 0 Å². The number of benzene rings is 1. The lowest BCUT2D eigenvalue weighted by atomic mass is 9.89. The first-order valence-corrected chi connectivity index (χ1v) is 7.79. The number of ketones is 1. The average Bonchev–Trinajstić information content (AvgIpc) is 2.43. The lowest BCUT2D eigenvalue weighted by Gasteiger charge is -2.41. The van der Waals surface area contributed by atoms with E-state index in [9.17, 15) is 4.79 Å². The molecule has 2 nitrogen and oxygen atoms in total. The van der Waals surface area contributed by atoms with E-state index in [1.807, 2.05) is 12.1 Å². The van der Waals surface area contributed by atoms with Crippen molar-refractivity contribution in [3.8, 4) is 0 Å². The third kappa shape index (κ3) is 2.95. The number of carbonyl (C=O) groups excluding carboxylic acids is 1. The summed E-state index contributed by atoms with van der Waals surface area (Å²) in [7, 11) is 0. The van der Waals surface area contributed by atoms with Gasteiger partial charge in [-0.1, -0.05) is 19.1 Å². The van der Waals surface area contributed by atoms with Crippen molar-refractivity contribution in [2.75, 3.05) is 6.54 Å². The van der Waals surface area contributed by atoms with Crippen molar-refractivity contribution in [3.63, 3.8) is 0 Å². The number of piperidine rings is 1. The Morgan fingerprint density at radius 3 is 2.60 bits per heavy atom. The van der Waals surface area contributed by atoms with Crippen molar-refractivity contribution < 1.29 is 4.79 Å². The van der Waals surface area contributed by atoms with Gasteiger partial charge in [0, 0.05) is 11.6 Å². The zero-order valence-electron chi connectivity index (χ0n) is 13.4. The van der Waals surface area contributed by atoms with Gasteiger partial charge in [-0.15, -0.1) is 0 Å².